The molecule has 1 rings (SSSR count). The molecule has 0 radical (unpaired) electrons. The fourth-order valence-corrected chi connectivity index (χ4v) is 1.25. The zero-order valence-corrected chi connectivity index (χ0v) is 6.94. The van der Waals surface area contributed by atoms with Crippen LogP contribution in [-0.4, -0.2) is 12.4 Å². The van der Waals surface area contributed by atoms with Gasteiger partial charge in [0, 0.05) is 6.92 Å². The summed E-state index contributed by atoms with van der Waals surface area (Å²) in [6, 6.07) is 0. The Bertz CT molecular complexity index is 180. The van der Waals surface area contributed by atoms with Crippen LogP contribution in [0.3, 0.4) is 0 Å². The summed E-state index contributed by atoms with van der Waals surface area (Å²) in [5, 5.41) is 0. The monoisotopic (exact) mass is 139 g/mol. The van der Waals surface area contributed by atoms with E-state index in [1.807, 2.05) is 6.92 Å². The van der Waals surface area contributed by atoms with Gasteiger partial charge < -0.3 is 0 Å². The third kappa shape index (κ3) is 1.45. The van der Waals surface area contributed by atoms with Gasteiger partial charge in [0.2, 0.25) is 5.84 Å². The van der Waals surface area contributed by atoms with Crippen LogP contribution in [0.25, 0.3) is 0 Å². The molecule has 0 saturated heterocycles. The lowest BCUT2D eigenvalue weighted by Gasteiger charge is -2.06. The Morgan fingerprint density at radius 1 is 1.50 bits per heavy atom. The number of rotatable bonds is 2. The second kappa shape index (κ2) is 2.97. The lowest BCUT2D eigenvalue weighted by atomic mass is 10.4. The Balaban J connectivity index is 2.56. The first-order chi connectivity index (χ1) is 4.74. The lowest BCUT2D eigenvalue weighted by Crippen LogP contribution is -3.08. The van der Waals surface area contributed by atoms with Crippen molar-refractivity contribution in [1.82, 2.24) is 0 Å². The number of hydrogen-bond acceptors (Lipinski definition) is 1. The summed E-state index contributed by atoms with van der Waals surface area (Å²) in [7, 11) is 0. The van der Waals surface area contributed by atoms with Crippen LogP contribution in [0.2, 0.25) is 0 Å². The molecule has 2 heteroatoms. The first-order valence-corrected chi connectivity index (χ1v) is 3.84. The van der Waals surface area contributed by atoms with Gasteiger partial charge in [-0.25, -0.2) is 4.99 Å². The Labute approximate surface area is 62.3 Å². The number of nitrogens with one attached hydrogen (secondary N) is 1. The summed E-state index contributed by atoms with van der Waals surface area (Å²) in [4.78, 5) is 5.75. The van der Waals surface area contributed by atoms with Gasteiger partial charge in [0.15, 0.2) is 0 Å². The number of quaternary nitrogens is 1. The fraction of sp³-hybridized carbons (Fsp3) is 0.625. The molecule has 0 aliphatic carbocycles. The number of aliphatic imine (C=N–C) groups is 1. The molecular formula is C8H15N2+. The van der Waals surface area contributed by atoms with Gasteiger partial charge in [-0.15, -0.1) is 0 Å². The van der Waals surface area contributed by atoms with Crippen molar-refractivity contribution in [3.05, 3.63) is 11.9 Å². The molecule has 0 bridgehead atoms. The van der Waals surface area contributed by atoms with Crippen LogP contribution < -0.4 is 4.90 Å². The van der Waals surface area contributed by atoms with Gasteiger partial charge in [-0.1, -0.05) is 6.92 Å². The summed E-state index contributed by atoms with van der Waals surface area (Å²) in [6.07, 6.45) is 3.39. The Morgan fingerprint density at radius 3 is 2.60 bits per heavy atom. The first kappa shape index (κ1) is 7.48. The van der Waals surface area contributed by atoms with Crippen molar-refractivity contribution in [1.29, 1.82) is 0 Å². The molecule has 1 unspecified atom stereocenters. The van der Waals surface area contributed by atoms with Crippen molar-refractivity contribution in [2.75, 3.05) is 6.54 Å². The standard InChI is InChI=1S/C8H14N2/c1-4-5-10-6-7(2)9-8(10)3/h6H,4-5H2,1-3H3/p+1. The third-order valence-electron chi connectivity index (χ3n) is 1.71. The van der Waals surface area contributed by atoms with Crippen molar-refractivity contribution < 1.29 is 4.90 Å². The van der Waals surface area contributed by atoms with Crippen LogP contribution in [-0.2, 0) is 0 Å². The number of amidine groups is 1. The van der Waals surface area contributed by atoms with E-state index >= 15 is 0 Å². The summed E-state index contributed by atoms with van der Waals surface area (Å²) in [6.45, 7) is 7.50. The van der Waals surface area contributed by atoms with E-state index in [9.17, 15) is 0 Å². The van der Waals surface area contributed by atoms with Crippen LogP contribution >= 0.6 is 0 Å². The Kier molecular flexibility index (Phi) is 2.22. The minimum atomic E-state index is 1.15. The van der Waals surface area contributed by atoms with E-state index in [4.69, 9.17) is 0 Å². The van der Waals surface area contributed by atoms with Gasteiger partial charge in [-0.05, 0) is 13.3 Å². The Hall–Kier alpha value is -0.630. The molecule has 0 saturated carbocycles. The van der Waals surface area contributed by atoms with Crippen LogP contribution in [0, 0.1) is 0 Å². The smallest absolute Gasteiger partial charge is 0.203 e. The predicted octanol–water partition coefficient (Wildman–Crippen LogP) is 0.575. The minimum Gasteiger partial charge on any atom is -0.262 e. The maximum atomic E-state index is 4.33. The van der Waals surface area contributed by atoms with Gasteiger partial charge in [-0.3, -0.25) is 4.90 Å². The van der Waals surface area contributed by atoms with E-state index < -0.39 is 0 Å². The number of hydrogen-bond donors (Lipinski definition) is 1. The summed E-state index contributed by atoms with van der Waals surface area (Å²) >= 11 is 0. The van der Waals surface area contributed by atoms with Crippen molar-refractivity contribution in [2.45, 2.75) is 27.2 Å². The third-order valence-corrected chi connectivity index (χ3v) is 1.71. The fourth-order valence-electron chi connectivity index (χ4n) is 1.25. The second-order valence-electron chi connectivity index (χ2n) is 2.76. The van der Waals surface area contributed by atoms with Gasteiger partial charge >= 0.3 is 0 Å². The van der Waals surface area contributed by atoms with Crippen molar-refractivity contribution >= 4 is 5.84 Å². The molecule has 10 heavy (non-hydrogen) atoms. The molecule has 2 nitrogen and oxygen atoms in total. The zero-order valence-electron chi connectivity index (χ0n) is 6.94. The van der Waals surface area contributed by atoms with E-state index in [0.717, 1.165) is 5.70 Å². The topological polar surface area (TPSA) is 16.8 Å². The molecule has 0 fully saturated rings. The summed E-state index contributed by atoms with van der Waals surface area (Å²) < 4.78 is 0. The SMILES string of the molecule is CCC[NH+]1C=C(C)N=C1C. The number of nitrogens with zero attached hydrogens (tertiary/aromatic N) is 1. The van der Waals surface area contributed by atoms with Crippen LogP contribution in [0.5, 0.6) is 0 Å². The van der Waals surface area contributed by atoms with Crippen LogP contribution in [0.4, 0.5) is 0 Å². The van der Waals surface area contributed by atoms with Gasteiger partial charge in [-0.2, -0.15) is 0 Å². The second-order valence-corrected chi connectivity index (χ2v) is 2.76. The molecule has 0 amide bonds. The van der Waals surface area contributed by atoms with Crippen LogP contribution in [0.15, 0.2) is 16.9 Å². The molecule has 0 spiro atoms. The maximum absolute atomic E-state index is 4.33. The predicted molar refractivity (Wildman–Crippen MR) is 43.0 cm³/mol. The molecule has 1 N–H and O–H groups in total. The van der Waals surface area contributed by atoms with Crippen LogP contribution in [0.1, 0.15) is 27.2 Å². The Morgan fingerprint density at radius 2 is 2.20 bits per heavy atom. The van der Waals surface area contributed by atoms with Gasteiger partial charge in [0.25, 0.3) is 0 Å². The van der Waals surface area contributed by atoms with Gasteiger partial charge in [0.05, 0.1) is 12.2 Å². The van der Waals surface area contributed by atoms with Gasteiger partial charge in [0.1, 0.15) is 6.20 Å². The molecule has 1 aliphatic heterocycles. The number of allylic oxidation sites excluding steroid dienone is 1. The molecule has 1 heterocycles. The van der Waals surface area contributed by atoms with E-state index in [1.165, 1.54) is 23.7 Å². The molecule has 0 aromatic carbocycles. The maximum Gasteiger partial charge on any atom is 0.203 e. The first-order valence-electron chi connectivity index (χ1n) is 3.84. The van der Waals surface area contributed by atoms with Crippen molar-refractivity contribution in [3.8, 4) is 0 Å². The van der Waals surface area contributed by atoms with Crippen molar-refractivity contribution in [3.63, 3.8) is 0 Å². The molecule has 56 valence electrons. The largest absolute Gasteiger partial charge is 0.262 e. The summed E-state index contributed by atoms with van der Waals surface area (Å²) in [5.74, 6) is 1.21. The highest BCUT2D eigenvalue weighted by atomic mass is 15.2. The highest BCUT2D eigenvalue weighted by molar-refractivity contribution is 5.73. The molecule has 1 atom stereocenters. The lowest BCUT2D eigenvalue weighted by molar-refractivity contribution is -0.745. The van der Waals surface area contributed by atoms with E-state index in [2.05, 4.69) is 25.0 Å². The van der Waals surface area contributed by atoms with E-state index in [-0.39, 0.29) is 0 Å². The quantitative estimate of drug-likeness (QED) is 0.576. The molecule has 0 aromatic rings. The zero-order chi connectivity index (χ0) is 7.56. The normalized spacial score (nSPS) is 24.5. The summed E-state index contributed by atoms with van der Waals surface area (Å²) in [5.41, 5.74) is 1.15. The minimum absolute atomic E-state index is 1.15. The average molecular weight is 139 g/mol. The van der Waals surface area contributed by atoms with E-state index in [1.54, 1.807) is 0 Å². The van der Waals surface area contributed by atoms with Crippen molar-refractivity contribution in [2.24, 2.45) is 4.99 Å². The molecule has 1 aliphatic rings. The molecular weight excluding hydrogens is 124 g/mol. The molecule has 0 aromatic heterocycles. The highest BCUT2D eigenvalue weighted by Crippen LogP contribution is 1.94. The highest BCUT2D eigenvalue weighted by Gasteiger charge is 2.15. The average Bonchev–Trinajstić information content (AvgIpc) is 2.13. The van der Waals surface area contributed by atoms with E-state index in [0.29, 0.717) is 0 Å².